The SMILES string of the molecule is CC1OCCC1S(=O)(=O)N[C@@H](C(=O)O)c1ccccc1. The van der Waals surface area contributed by atoms with Crippen molar-refractivity contribution in [3.8, 4) is 0 Å². The molecule has 1 fully saturated rings. The number of aliphatic carboxylic acids is 1. The Kier molecular flexibility index (Phi) is 4.42. The fourth-order valence-corrected chi connectivity index (χ4v) is 4.01. The van der Waals surface area contributed by atoms with Crippen molar-refractivity contribution in [3.05, 3.63) is 35.9 Å². The zero-order valence-electron chi connectivity index (χ0n) is 11.0. The molecule has 1 aliphatic heterocycles. The van der Waals surface area contributed by atoms with Gasteiger partial charge in [0.15, 0.2) is 0 Å². The van der Waals surface area contributed by atoms with Crippen molar-refractivity contribution >= 4 is 16.0 Å². The van der Waals surface area contributed by atoms with Crippen LogP contribution in [-0.2, 0) is 19.6 Å². The molecule has 1 aliphatic rings. The number of nitrogens with one attached hydrogen (secondary N) is 1. The average Bonchev–Trinajstić information content (AvgIpc) is 2.84. The van der Waals surface area contributed by atoms with Gasteiger partial charge in [0.2, 0.25) is 10.0 Å². The molecule has 7 heteroatoms. The van der Waals surface area contributed by atoms with Gasteiger partial charge < -0.3 is 9.84 Å². The van der Waals surface area contributed by atoms with Gasteiger partial charge in [0, 0.05) is 6.61 Å². The lowest BCUT2D eigenvalue weighted by molar-refractivity contribution is -0.139. The van der Waals surface area contributed by atoms with Gasteiger partial charge in [-0.05, 0) is 18.9 Å². The average molecular weight is 299 g/mol. The molecule has 2 unspecified atom stereocenters. The molecule has 0 radical (unpaired) electrons. The molecule has 1 saturated heterocycles. The number of hydrogen-bond donors (Lipinski definition) is 2. The van der Waals surface area contributed by atoms with Crippen LogP contribution >= 0.6 is 0 Å². The number of ether oxygens (including phenoxy) is 1. The van der Waals surface area contributed by atoms with Crippen LogP contribution in [0, 0.1) is 0 Å². The van der Waals surface area contributed by atoms with Crippen LogP contribution < -0.4 is 4.72 Å². The van der Waals surface area contributed by atoms with E-state index in [9.17, 15) is 18.3 Å². The third-order valence-corrected chi connectivity index (χ3v) is 5.35. The lowest BCUT2D eigenvalue weighted by Gasteiger charge is -2.20. The Morgan fingerprint density at radius 2 is 2.05 bits per heavy atom. The Morgan fingerprint density at radius 3 is 2.55 bits per heavy atom. The summed E-state index contributed by atoms with van der Waals surface area (Å²) in [5, 5.41) is 8.53. The molecule has 0 amide bonds. The number of carbonyl (C=O) groups is 1. The highest BCUT2D eigenvalue weighted by molar-refractivity contribution is 7.90. The molecule has 0 aromatic heterocycles. The molecule has 3 atom stereocenters. The van der Waals surface area contributed by atoms with E-state index >= 15 is 0 Å². The second-order valence-electron chi connectivity index (χ2n) is 4.75. The Balaban J connectivity index is 2.23. The van der Waals surface area contributed by atoms with E-state index in [1.807, 2.05) is 0 Å². The normalized spacial score (nSPS) is 24.4. The highest BCUT2D eigenvalue weighted by Crippen LogP contribution is 2.23. The van der Waals surface area contributed by atoms with E-state index in [1.165, 1.54) is 0 Å². The van der Waals surface area contributed by atoms with Crippen LogP contribution in [-0.4, -0.2) is 37.5 Å². The molecule has 1 heterocycles. The minimum Gasteiger partial charge on any atom is -0.480 e. The fourth-order valence-electron chi connectivity index (χ4n) is 2.28. The number of sulfonamides is 1. The number of carboxylic acid groups (broad SMARTS) is 1. The summed E-state index contributed by atoms with van der Waals surface area (Å²) in [5.74, 6) is -1.23. The van der Waals surface area contributed by atoms with Crippen molar-refractivity contribution in [1.29, 1.82) is 0 Å². The second kappa shape index (κ2) is 5.90. The minimum atomic E-state index is -3.76. The molecule has 110 valence electrons. The van der Waals surface area contributed by atoms with E-state index in [0.717, 1.165) is 0 Å². The van der Waals surface area contributed by atoms with Crippen LogP contribution in [0.2, 0.25) is 0 Å². The number of hydrogen-bond acceptors (Lipinski definition) is 4. The molecule has 20 heavy (non-hydrogen) atoms. The van der Waals surface area contributed by atoms with E-state index in [2.05, 4.69) is 4.72 Å². The highest BCUT2D eigenvalue weighted by Gasteiger charge is 2.38. The Bertz CT molecular complexity index is 572. The van der Waals surface area contributed by atoms with Crippen LogP contribution in [0.4, 0.5) is 0 Å². The summed E-state index contributed by atoms with van der Waals surface area (Å²) in [7, 11) is -3.76. The van der Waals surface area contributed by atoms with Crippen molar-refractivity contribution in [2.24, 2.45) is 0 Å². The predicted molar refractivity (Wildman–Crippen MR) is 72.7 cm³/mol. The van der Waals surface area contributed by atoms with Gasteiger partial charge in [0.1, 0.15) is 11.3 Å². The van der Waals surface area contributed by atoms with Gasteiger partial charge in [0.25, 0.3) is 0 Å². The van der Waals surface area contributed by atoms with Gasteiger partial charge in [-0.25, -0.2) is 8.42 Å². The molecule has 0 aliphatic carbocycles. The Morgan fingerprint density at radius 1 is 1.40 bits per heavy atom. The predicted octanol–water partition coefficient (Wildman–Crippen LogP) is 0.909. The molecule has 2 N–H and O–H groups in total. The van der Waals surface area contributed by atoms with Gasteiger partial charge in [-0.15, -0.1) is 0 Å². The van der Waals surface area contributed by atoms with Crippen molar-refractivity contribution in [1.82, 2.24) is 4.72 Å². The molecule has 0 saturated carbocycles. The first-order valence-electron chi connectivity index (χ1n) is 6.32. The zero-order chi connectivity index (χ0) is 14.8. The largest absolute Gasteiger partial charge is 0.480 e. The van der Waals surface area contributed by atoms with E-state index in [4.69, 9.17) is 4.74 Å². The molecule has 1 aromatic rings. The summed E-state index contributed by atoms with van der Waals surface area (Å²) in [6, 6.07) is 6.95. The summed E-state index contributed by atoms with van der Waals surface area (Å²) in [5.41, 5.74) is 0.398. The lowest BCUT2D eigenvalue weighted by Crippen LogP contribution is -2.42. The minimum absolute atomic E-state index is 0.371. The maximum absolute atomic E-state index is 12.3. The van der Waals surface area contributed by atoms with Crippen molar-refractivity contribution in [2.75, 3.05) is 6.61 Å². The van der Waals surface area contributed by atoms with Gasteiger partial charge >= 0.3 is 5.97 Å². The van der Waals surface area contributed by atoms with Crippen molar-refractivity contribution in [2.45, 2.75) is 30.7 Å². The van der Waals surface area contributed by atoms with Crippen LogP contribution in [0.3, 0.4) is 0 Å². The maximum Gasteiger partial charge on any atom is 0.326 e. The van der Waals surface area contributed by atoms with E-state index < -0.39 is 33.4 Å². The number of benzene rings is 1. The molecule has 1 aromatic carbocycles. The van der Waals surface area contributed by atoms with Crippen molar-refractivity contribution < 1.29 is 23.1 Å². The van der Waals surface area contributed by atoms with E-state index in [-0.39, 0.29) is 0 Å². The quantitative estimate of drug-likeness (QED) is 0.843. The third-order valence-electron chi connectivity index (χ3n) is 3.37. The summed E-state index contributed by atoms with van der Waals surface area (Å²) >= 11 is 0. The second-order valence-corrected chi connectivity index (χ2v) is 6.68. The summed E-state index contributed by atoms with van der Waals surface area (Å²) < 4.78 is 32.1. The first-order valence-corrected chi connectivity index (χ1v) is 7.87. The summed E-state index contributed by atoms with van der Waals surface area (Å²) in [4.78, 5) is 11.3. The highest BCUT2D eigenvalue weighted by atomic mass is 32.2. The van der Waals surface area contributed by atoms with E-state index in [0.29, 0.717) is 18.6 Å². The first kappa shape index (κ1) is 15.0. The van der Waals surface area contributed by atoms with Crippen molar-refractivity contribution in [3.63, 3.8) is 0 Å². The van der Waals surface area contributed by atoms with E-state index in [1.54, 1.807) is 37.3 Å². The molecule has 2 rings (SSSR count). The Hall–Kier alpha value is -1.44. The molecular formula is C13H17NO5S. The summed E-state index contributed by atoms with van der Waals surface area (Å²) in [6.07, 6.45) is -0.0600. The smallest absolute Gasteiger partial charge is 0.326 e. The molecular weight excluding hydrogens is 282 g/mol. The number of carboxylic acids is 1. The Labute approximate surface area is 117 Å². The first-order chi connectivity index (χ1) is 9.42. The summed E-state index contributed by atoms with van der Waals surface area (Å²) in [6.45, 7) is 2.05. The van der Waals surface area contributed by atoms with Gasteiger partial charge in [0.05, 0.1) is 6.10 Å². The molecule has 0 bridgehead atoms. The van der Waals surface area contributed by atoms with Gasteiger partial charge in [-0.3, -0.25) is 4.79 Å². The topological polar surface area (TPSA) is 92.7 Å². The van der Waals surface area contributed by atoms with Crippen LogP contribution in [0.15, 0.2) is 30.3 Å². The lowest BCUT2D eigenvalue weighted by atomic mass is 10.1. The van der Waals surface area contributed by atoms with Crippen LogP contribution in [0.1, 0.15) is 24.9 Å². The van der Waals surface area contributed by atoms with Gasteiger partial charge in [-0.1, -0.05) is 30.3 Å². The molecule has 0 spiro atoms. The van der Waals surface area contributed by atoms with Crippen LogP contribution in [0.25, 0.3) is 0 Å². The maximum atomic E-state index is 12.3. The van der Waals surface area contributed by atoms with Gasteiger partial charge in [-0.2, -0.15) is 4.72 Å². The standard InChI is InChI=1S/C13H17NO5S/c1-9-11(7-8-19-9)20(17,18)14-12(13(15)16)10-5-3-2-4-6-10/h2-6,9,11-12,14H,7-8H2,1H3,(H,15,16)/t9?,11?,12-/m1/s1. The monoisotopic (exact) mass is 299 g/mol. The van der Waals surface area contributed by atoms with Crippen LogP contribution in [0.5, 0.6) is 0 Å². The third kappa shape index (κ3) is 3.17. The zero-order valence-corrected chi connectivity index (χ0v) is 11.8. The fraction of sp³-hybridized carbons (Fsp3) is 0.462. The number of rotatable bonds is 5. The molecule has 6 nitrogen and oxygen atoms in total.